The Balaban J connectivity index is 1.00. The van der Waals surface area contributed by atoms with Gasteiger partial charge in [-0.2, -0.15) is 0 Å². The summed E-state index contributed by atoms with van der Waals surface area (Å²) in [7, 11) is 3.69. The second kappa shape index (κ2) is 12.0. The number of imide groups is 1. The number of nitrogens with zero attached hydrogens (tertiary/aromatic N) is 8. The normalized spacial score (nSPS) is 21.5. The zero-order valence-electron chi connectivity index (χ0n) is 28.7. The zero-order chi connectivity index (χ0) is 34.1. The molecule has 1 N–H and O–H groups in total. The highest BCUT2D eigenvalue weighted by atomic mass is 16.5. The number of hydrogen-bond donors (Lipinski definition) is 1. The first-order valence-electron chi connectivity index (χ1n) is 17.7. The number of carbonyl (C=O) groups excluding carboxylic acids is 2. The largest absolute Gasteiger partial charge is 0.490 e. The molecular weight excluding hydrogens is 630 g/mol. The third-order valence-corrected chi connectivity index (χ3v) is 10.7. The number of rotatable bonds is 9. The van der Waals surface area contributed by atoms with E-state index in [2.05, 4.69) is 52.7 Å². The van der Waals surface area contributed by atoms with E-state index in [-0.39, 0.29) is 36.4 Å². The predicted octanol–water partition coefficient (Wildman–Crippen LogP) is 5.61. The van der Waals surface area contributed by atoms with E-state index in [0.29, 0.717) is 23.8 Å². The number of carbonyl (C=O) groups is 2. The van der Waals surface area contributed by atoms with Crippen molar-refractivity contribution in [1.29, 1.82) is 0 Å². The summed E-state index contributed by atoms with van der Waals surface area (Å²) in [5.74, 6) is 2.55. The Hall–Kier alpha value is -5.10. The highest BCUT2D eigenvalue weighted by Gasteiger charge is 2.43. The van der Waals surface area contributed by atoms with Gasteiger partial charge in [-0.3, -0.25) is 19.6 Å². The van der Waals surface area contributed by atoms with Crippen molar-refractivity contribution < 1.29 is 14.3 Å². The Bertz CT molecular complexity index is 2150. The summed E-state index contributed by atoms with van der Waals surface area (Å²) >= 11 is 0. The van der Waals surface area contributed by atoms with Gasteiger partial charge in [-0.05, 0) is 87.9 Å². The smallest absolute Gasteiger partial charge is 0.331 e. The van der Waals surface area contributed by atoms with Crippen molar-refractivity contribution in [2.75, 3.05) is 43.9 Å². The maximum Gasteiger partial charge on any atom is 0.331 e. The molecular formula is C38H41N9O3. The van der Waals surface area contributed by atoms with Crippen molar-refractivity contribution in [2.45, 2.75) is 69.4 Å². The van der Waals surface area contributed by atoms with Gasteiger partial charge in [-0.25, -0.2) is 19.7 Å². The number of pyridine rings is 2. The van der Waals surface area contributed by atoms with Crippen LogP contribution in [0.1, 0.15) is 78.3 Å². The van der Waals surface area contributed by atoms with Crippen LogP contribution in [-0.2, 0) is 11.3 Å². The Labute approximate surface area is 290 Å². The number of likely N-dealkylation sites (tertiary alicyclic amines) is 1. The molecule has 2 aliphatic heterocycles. The van der Waals surface area contributed by atoms with Gasteiger partial charge in [-0.1, -0.05) is 0 Å². The van der Waals surface area contributed by atoms with Crippen LogP contribution in [0.25, 0.3) is 16.6 Å². The summed E-state index contributed by atoms with van der Waals surface area (Å²) in [5, 5.41) is 4.56. The molecule has 12 nitrogen and oxygen atoms in total. The van der Waals surface area contributed by atoms with Crippen LogP contribution < -0.4 is 15.0 Å². The van der Waals surface area contributed by atoms with Gasteiger partial charge in [0, 0.05) is 79.1 Å². The number of piperidine rings is 1. The van der Waals surface area contributed by atoms with Crippen LogP contribution in [-0.4, -0.2) is 85.9 Å². The van der Waals surface area contributed by atoms with E-state index < -0.39 is 0 Å². The van der Waals surface area contributed by atoms with Gasteiger partial charge < -0.3 is 19.4 Å². The molecule has 6 heterocycles. The van der Waals surface area contributed by atoms with E-state index in [1.165, 1.54) is 17.5 Å². The monoisotopic (exact) mass is 671 g/mol. The molecule has 4 aromatic heterocycles. The Morgan fingerprint density at radius 2 is 1.78 bits per heavy atom. The average molecular weight is 672 g/mol. The summed E-state index contributed by atoms with van der Waals surface area (Å²) in [4.78, 5) is 49.8. The second-order valence-electron chi connectivity index (χ2n) is 14.5. The third-order valence-electron chi connectivity index (χ3n) is 10.7. The van der Waals surface area contributed by atoms with Crippen LogP contribution in [0.4, 0.5) is 16.2 Å². The molecule has 0 unspecified atom stereocenters. The van der Waals surface area contributed by atoms with Crippen LogP contribution in [0.3, 0.4) is 0 Å². The molecule has 2 saturated carbocycles. The van der Waals surface area contributed by atoms with E-state index in [0.717, 1.165) is 90.4 Å². The van der Waals surface area contributed by atoms with Crippen LogP contribution >= 0.6 is 0 Å². The minimum Gasteiger partial charge on any atom is -0.490 e. The summed E-state index contributed by atoms with van der Waals surface area (Å²) in [5.41, 5.74) is 7.16. The third kappa shape index (κ3) is 5.81. The molecule has 9 rings (SSSR count). The number of aryl methyl sites for hydroxylation is 1. The fourth-order valence-corrected chi connectivity index (χ4v) is 7.40. The number of hydrogen-bond acceptors (Lipinski definition) is 9. The molecule has 50 heavy (non-hydrogen) atoms. The van der Waals surface area contributed by atoms with Gasteiger partial charge in [0.2, 0.25) is 5.91 Å². The van der Waals surface area contributed by atoms with Gasteiger partial charge in [0.25, 0.3) is 0 Å². The molecule has 2 saturated heterocycles. The molecule has 2 aliphatic carbocycles. The number of imidazole rings is 1. The number of benzene rings is 1. The molecule has 2 atom stereocenters. The minimum atomic E-state index is -0.321. The maximum atomic E-state index is 13.0. The van der Waals surface area contributed by atoms with Crippen molar-refractivity contribution in [2.24, 2.45) is 0 Å². The SMILES string of the molecule is Cc1ccnc([C@H]2C[C@@H]2c2cc(OC3CCN(C)CC3)c3ccc(NCc4cn5cc(C6CC6)cc(N6CC(=O)N(C)C6=O)c5n4)cc3n2)n1. The number of anilines is 2. The second-order valence-corrected chi connectivity index (χ2v) is 14.5. The zero-order valence-corrected chi connectivity index (χ0v) is 28.7. The summed E-state index contributed by atoms with van der Waals surface area (Å²) in [6, 6.07) is 12.1. The van der Waals surface area contributed by atoms with Gasteiger partial charge >= 0.3 is 6.03 Å². The Kier molecular flexibility index (Phi) is 7.45. The minimum absolute atomic E-state index is 0.0226. The predicted molar refractivity (Wildman–Crippen MR) is 190 cm³/mol. The van der Waals surface area contributed by atoms with E-state index in [1.807, 2.05) is 35.9 Å². The summed E-state index contributed by atoms with van der Waals surface area (Å²) < 4.78 is 8.72. The molecule has 1 aromatic carbocycles. The summed E-state index contributed by atoms with van der Waals surface area (Å²) in [6.07, 6.45) is 11.4. The van der Waals surface area contributed by atoms with Gasteiger partial charge in [0.1, 0.15) is 24.2 Å². The van der Waals surface area contributed by atoms with Gasteiger partial charge in [0.05, 0.1) is 23.4 Å². The van der Waals surface area contributed by atoms with Crippen molar-refractivity contribution in [3.05, 3.63) is 83.5 Å². The molecule has 3 amide bonds. The Morgan fingerprint density at radius 3 is 2.54 bits per heavy atom. The number of urea groups is 1. The first-order chi connectivity index (χ1) is 24.3. The maximum absolute atomic E-state index is 13.0. The molecule has 4 fully saturated rings. The molecule has 12 heteroatoms. The first-order valence-corrected chi connectivity index (χ1v) is 17.7. The topological polar surface area (TPSA) is 121 Å². The molecule has 0 radical (unpaired) electrons. The quantitative estimate of drug-likeness (QED) is 0.199. The molecule has 256 valence electrons. The van der Waals surface area contributed by atoms with Gasteiger partial charge in [-0.15, -0.1) is 0 Å². The highest BCUT2D eigenvalue weighted by Crippen LogP contribution is 2.54. The lowest BCUT2D eigenvalue weighted by atomic mass is 10.1. The number of amides is 3. The van der Waals surface area contributed by atoms with Crippen molar-refractivity contribution in [3.8, 4) is 5.75 Å². The van der Waals surface area contributed by atoms with Gasteiger partial charge in [0.15, 0.2) is 5.65 Å². The number of aromatic nitrogens is 5. The Morgan fingerprint density at radius 1 is 0.940 bits per heavy atom. The van der Waals surface area contributed by atoms with Crippen molar-refractivity contribution in [3.63, 3.8) is 0 Å². The van der Waals surface area contributed by atoms with Crippen molar-refractivity contribution >= 4 is 39.9 Å². The average Bonchev–Trinajstić information content (AvgIpc) is 4.05. The lowest BCUT2D eigenvalue weighted by molar-refractivity contribution is -0.123. The number of likely N-dealkylation sites (N-methyl/N-ethyl adjacent to an activating group) is 1. The number of fused-ring (bicyclic) bond motifs is 2. The molecule has 0 spiro atoms. The molecule has 5 aromatic rings. The van der Waals surface area contributed by atoms with E-state index in [4.69, 9.17) is 19.7 Å². The molecule has 0 bridgehead atoms. The lowest BCUT2D eigenvalue weighted by Gasteiger charge is -2.29. The number of nitrogens with one attached hydrogen (secondary N) is 1. The number of ether oxygens (including phenoxy) is 1. The van der Waals surface area contributed by atoms with Crippen LogP contribution in [0, 0.1) is 6.92 Å². The van der Waals surface area contributed by atoms with Crippen molar-refractivity contribution in [1.82, 2.24) is 34.1 Å². The summed E-state index contributed by atoms with van der Waals surface area (Å²) in [6.45, 7) is 4.56. The standard InChI is InChI=1S/C38H41N9O3/c1-22-8-11-39-36(41-22)30-16-29(30)32-17-34(50-27-9-12-44(2)13-10-27)28-7-6-25(15-31(28)43-32)40-18-26-20-46-19-24(23-4-5-23)14-33(37(46)42-26)47-21-35(48)45(3)38(47)49/h6-8,11,14-15,17,19-20,23,27,29-30,40H,4-5,9-10,12-13,16,18,21H2,1-3H3/t29-,30-/m0/s1. The van der Waals surface area contributed by atoms with E-state index in [9.17, 15) is 9.59 Å². The fourth-order valence-electron chi connectivity index (χ4n) is 7.40. The molecule has 4 aliphatic rings. The van der Waals surface area contributed by atoms with Crippen LogP contribution in [0.15, 0.2) is 55.0 Å². The lowest BCUT2D eigenvalue weighted by Crippen LogP contribution is -2.35. The fraction of sp³-hybridized carbons (Fsp3) is 0.421. The van der Waals surface area contributed by atoms with Crippen LogP contribution in [0.5, 0.6) is 5.75 Å². The van der Waals surface area contributed by atoms with Crippen LogP contribution in [0.2, 0.25) is 0 Å². The first kappa shape index (κ1) is 30.9. The highest BCUT2D eigenvalue weighted by molar-refractivity contribution is 6.13. The van der Waals surface area contributed by atoms with E-state index in [1.54, 1.807) is 4.90 Å². The van der Waals surface area contributed by atoms with E-state index >= 15 is 0 Å².